The van der Waals surface area contributed by atoms with Crippen LogP contribution in [0.15, 0.2) is 30.3 Å². The van der Waals surface area contributed by atoms with Gasteiger partial charge in [0.1, 0.15) is 0 Å². The summed E-state index contributed by atoms with van der Waals surface area (Å²) >= 11 is 0. The first-order valence-electron chi connectivity index (χ1n) is 7.33. The van der Waals surface area contributed by atoms with Crippen molar-refractivity contribution in [1.29, 1.82) is 0 Å². The number of rotatable bonds is 4. The summed E-state index contributed by atoms with van der Waals surface area (Å²) in [6.07, 6.45) is 4.47. The fourth-order valence-corrected chi connectivity index (χ4v) is 3.82. The molecule has 0 unspecified atom stereocenters. The molecule has 2 bridgehead atoms. The third kappa shape index (κ3) is 2.52. The van der Waals surface area contributed by atoms with Gasteiger partial charge in [0.25, 0.3) is 0 Å². The molecule has 4 atom stereocenters. The molecule has 2 aliphatic carbocycles. The third-order valence-electron chi connectivity index (χ3n) is 4.84. The van der Waals surface area contributed by atoms with Gasteiger partial charge in [0.05, 0.1) is 5.92 Å². The van der Waals surface area contributed by atoms with Crippen molar-refractivity contribution in [2.75, 3.05) is 6.54 Å². The molecule has 0 aliphatic heterocycles. The zero-order chi connectivity index (χ0) is 13.2. The highest BCUT2D eigenvalue weighted by molar-refractivity contribution is 5.80. The minimum Gasteiger partial charge on any atom is -0.355 e. The first-order chi connectivity index (χ1) is 9.25. The van der Waals surface area contributed by atoms with Gasteiger partial charge >= 0.3 is 0 Å². The lowest BCUT2D eigenvalue weighted by atomic mass is 9.84. The Morgan fingerprint density at radius 3 is 2.63 bits per heavy atom. The van der Waals surface area contributed by atoms with Gasteiger partial charge in [0.15, 0.2) is 0 Å². The van der Waals surface area contributed by atoms with Crippen molar-refractivity contribution in [3.8, 4) is 0 Å². The molecule has 3 rings (SSSR count). The van der Waals surface area contributed by atoms with Gasteiger partial charge in [-0.05, 0) is 43.1 Å². The number of hydrogen-bond acceptors (Lipinski definition) is 2. The normalized spacial score (nSPS) is 32.5. The average Bonchev–Trinajstić information content (AvgIpc) is 3.00. The maximum absolute atomic E-state index is 12.2. The van der Waals surface area contributed by atoms with E-state index in [1.54, 1.807) is 0 Å². The Bertz CT molecular complexity index is 443. The van der Waals surface area contributed by atoms with Crippen LogP contribution in [0.2, 0.25) is 0 Å². The summed E-state index contributed by atoms with van der Waals surface area (Å²) in [4.78, 5) is 12.2. The molecule has 1 aromatic rings. The monoisotopic (exact) mass is 258 g/mol. The van der Waals surface area contributed by atoms with E-state index < -0.39 is 0 Å². The van der Waals surface area contributed by atoms with Crippen molar-refractivity contribution in [3.05, 3.63) is 35.9 Å². The summed E-state index contributed by atoms with van der Waals surface area (Å²) in [5.41, 5.74) is 7.45. The Kier molecular flexibility index (Phi) is 3.56. The molecule has 0 spiro atoms. The van der Waals surface area contributed by atoms with E-state index in [0.717, 1.165) is 12.8 Å². The Morgan fingerprint density at radius 2 is 1.95 bits per heavy atom. The van der Waals surface area contributed by atoms with Crippen molar-refractivity contribution in [1.82, 2.24) is 5.32 Å². The van der Waals surface area contributed by atoms with Crippen LogP contribution in [-0.2, 0) is 11.2 Å². The lowest BCUT2D eigenvalue weighted by Crippen LogP contribution is -2.45. The quantitative estimate of drug-likeness (QED) is 0.864. The van der Waals surface area contributed by atoms with Crippen LogP contribution < -0.4 is 11.1 Å². The summed E-state index contributed by atoms with van der Waals surface area (Å²) in [6, 6.07) is 10.4. The minimum absolute atomic E-state index is 0.0644. The van der Waals surface area contributed by atoms with Crippen LogP contribution >= 0.6 is 0 Å². The fourth-order valence-electron chi connectivity index (χ4n) is 3.82. The predicted octanol–water partition coefficient (Wildman–Crippen LogP) is 1.72. The molecule has 3 N–H and O–H groups in total. The molecule has 1 amide bonds. The lowest BCUT2D eigenvalue weighted by molar-refractivity contribution is -0.127. The van der Waals surface area contributed by atoms with Crippen LogP contribution in [0, 0.1) is 17.8 Å². The second-order valence-electron chi connectivity index (χ2n) is 5.96. The number of fused-ring (bicyclic) bond motifs is 2. The maximum atomic E-state index is 12.2. The number of nitrogens with two attached hydrogens (primary N) is 1. The van der Waals surface area contributed by atoms with E-state index in [4.69, 9.17) is 5.73 Å². The summed E-state index contributed by atoms with van der Waals surface area (Å²) in [5, 5.41) is 3.07. The standard InChI is InChI=1S/C16H22N2O/c17-15-13-7-6-12(10-13)14(15)16(19)18-9-8-11-4-2-1-3-5-11/h1-5,12-15H,6-10,17H2,(H,18,19)/t12-,13-,14+,15+/m0/s1. The fraction of sp³-hybridized carbons (Fsp3) is 0.562. The molecule has 0 heterocycles. The average molecular weight is 258 g/mol. The van der Waals surface area contributed by atoms with Gasteiger partial charge in [-0.1, -0.05) is 30.3 Å². The summed E-state index contributed by atoms with van der Waals surface area (Å²) < 4.78 is 0. The Labute approximate surface area is 114 Å². The summed E-state index contributed by atoms with van der Waals surface area (Å²) in [6.45, 7) is 0.712. The molecule has 1 aromatic carbocycles. The van der Waals surface area contributed by atoms with Crippen molar-refractivity contribution in [2.45, 2.75) is 31.7 Å². The molecular weight excluding hydrogens is 236 g/mol. The van der Waals surface area contributed by atoms with Crippen LogP contribution in [0.5, 0.6) is 0 Å². The molecule has 102 valence electrons. The number of benzene rings is 1. The molecule has 2 fully saturated rings. The van der Waals surface area contributed by atoms with Crippen molar-refractivity contribution in [3.63, 3.8) is 0 Å². The molecule has 3 heteroatoms. The second kappa shape index (κ2) is 5.33. The SMILES string of the molecule is N[C@@H]1[C@H]2CC[C@@H](C2)[C@H]1C(=O)NCCc1ccccc1. The van der Waals surface area contributed by atoms with Crippen LogP contribution in [0.1, 0.15) is 24.8 Å². The number of carbonyl (C=O) groups is 1. The second-order valence-corrected chi connectivity index (χ2v) is 5.96. The largest absolute Gasteiger partial charge is 0.355 e. The van der Waals surface area contributed by atoms with Crippen molar-refractivity contribution < 1.29 is 4.79 Å². The summed E-state index contributed by atoms with van der Waals surface area (Å²) in [5.74, 6) is 1.37. The topological polar surface area (TPSA) is 55.1 Å². The Hall–Kier alpha value is -1.35. The van der Waals surface area contributed by atoms with Crippen LogP contribution in [0.25, 0.3) is 0 Å². The number of hydrogen-bond donors (Lipinski definition) is 2. The van der Waals surface area contributed by atoms with Crippen molar-refractivity contribution in [2.24, 2.45) is 23.5 Å². The number of nitrogens with one attached hydrogen (secondary N) is 1. The zero-order valence-corrected chi connectivity index (χ0v) is 11.2. The van der Waals surface area contributed by atoms with Gasteiger partial charge in [0.2, 0.25) is 5.91 Å². The minimum atomic E-state index is 0.0644. The van der Waals surface area contributed by atoms with E-state index in [1.165, 1.54) is 18.4 Å². The molecule has 2 saturated carbocycles. The zero-order valence-electron chi connectivity index (χ0n) is 11.2. The molecule has 0 radical (unpaired) electrons. The van der Waals surface area contributed by atoms with Crippen LogP contribution in [0.4, 0.5) is 0 Å². The highest BCUT2D eigenvalue weighted by Gasteiger charge is 2.48. The van der Waals surface area contributed by atoms with Gasteiger partial charge in [-0.25, -0.2) is 0 Å². The van der Waals surface area contributed by atoms with E-state index in [-0.39, 0.29) is 17.9 Å². The molecule has 0 aromatic heterocycles. The Morgan fingerprint density at radius 1 is 1.21 bits per heavy atom. The van der Waals surface area contributed by atoms with Gasteiger partial charge in [-0.2, -0.15) is 0 Å². The van der Waals surface area contributed by atoms with Gasteiger partial charge in [-0.3, -0.25) is 4.79 Å². The molecule has 3 nitrogen and oxygen atoms in total. The number of carbonyl (C=O) groups excluding carboxylic acids is 1. The van der Waals surface area contributed by atoms with E-state index in [9.17, 15) is 4.79 Å². The summed E-state index contributed by atoms with van der Waals surface area (Å²) in [7, 11) is 0. The predicted molar refractivity (Wildman–Crippen MR) is 75.5 cm³/mol. The van der Waals surface area contributed by atoms with E-state index >= 15 is 0 Å². The lowest BCUT2D eigenvalue weighted by Gasteiger charge is -2.27. The Balaban J connectivity index is 1.49. The maximum Gasteiger partial charge on any atom is 0.224 e. The van der Waals surface area contributed by atoms with E-state index in [2.05, 4.69) is 17.4 Å². The first-order valence-corrected chi connectivity index (χ1v) is 7.33. The van der Waals surface area contributed by atoms with Gasteiger partial charge in [-0.15, -0.1) is 0 Å². The molecular formula is C16H22N2O. The molecule has 19 heavy (non-hydrogen) atoms. The van der Waals surface area contributed by atoms with E-state index in [1.807, 2.05) is 18.2 Å². The van der Waals surface area contributed by atoms with Gasteiger partial charge < -0.3 is 11.1 Å². The van der Waals surface area contributed by atoms with Crippen molar-refractivity contribution >= 4 is 5.91 Å². The first kappa shape index (κ1) is 12.7. The third-order valence-corrected chi connectivity index (χ3v) is 4.84. The van der Waals surface area contributed by atoms with Gasteiger partial charge in [0, 0.05) is 12.6 Å². The molecule has 2 aliphatic rings. The van der Waals surface area contributed by atoms with Crippen LogP contribution in [0.3, 0.4) is 0 Å². The van der Waals surface area contributed by atoms with E-state index in [0.29, 0.717) is 18.4 Å². The highest BCUT2D eigenvalue weighted by Crippen LogP contribution is 2.47. The van der Waals surface area contributed by atoms with Crippen LogP contribution in [-0.4, -0.2) is 18.5 Å². The smallest absolute Gasteiger partial charge is 0.224 e. The highest BCUT2D eigenvalue weighted by atomic mass is 16.1. The molecule has 0 saturated heterocycles. The number of amides is 1.